The molecule has 0 bridgehead atoms. The molecule has 2 aliphatic rings. The maximum Gasteiger partial charge on any atom is 0.256 e. The lowest BCUT2D eigenvalue weighted by Crippen LogP contribution is -2.55. The van der Waals surface area contributed by atoms with Crippen molar-refractivity contribution >= 4 is 34.1 Å². The van der Waals surface area contributed by atoms with Gasteiger partial charge in [-0.3, -0.25) is 19.3 Å². The van der Waals surface area contributed by atoms with Crippen molar-refractivity contribution in [1.29, 1.82) is 0 Å². The zero-order valence-corrected chi connectivity index (χ0v) is 13.9. The number of carbonyl (C=O) groups excluding carboxylic acids is 3. The molecule has 1 unspecified atom stereocenters. The number of thiophene rings is 1. The van der Waals surface area contributed by atoms with Gasteiger partial charge >= 0.3 is 0 Å². The number of fused-ring (bicyclic) bond motifs is 1. The molecule has 1 saturated heterocycles. The van der Waals surface area contributed by atoms with E-state index in [1.165, 1.54) is 23.3 Å². The molecule has 3 heterocycles. The molecule has 0 spiro atoms. The van der Waals surface area contributed by atoms with Crippen LogP contribution in [0.4, 0.5) is 5.00 Å². The summed E-state index contributed by atoms with van der Waals surface area (Å²) < 4.78 is 4.96. The second-order valence-electron chi connectivity index (χ2n) is 5.57. The molecule has 0 aliphatic carbocycles. The Bertz CT molecular complexity index is 657. The van der Waals surface area contributed by atoms with Crippen molar-refractivity contribution in [3.05, 3.63) is 16.5 Å². The van der Waals surface area contributed by atoms with Gasteiger partial charge in [0.2, 0.25) is 5.91 Å². The minimum atomic E-state index is -0.570. The van der Waals surface area contributed by atoms with Gasteiger partial charge in [0.25, 0.3) is 11.8 Å². The van der Waals surface area contributed by atoms with Gasteiger partial charge in [-0.15, -0.1) is 11.3 Å². The van der Waals surface area contributed by atoms with Crippen LogP contribution in [-0.2, 0) is 20.9 Å². The van der Waals surface area contributed by atoms with E-state index in [4.69, 9.17) is 4.74 Å². The van der Waals surface area contributed by atoms with Gasteiger partial charge in [0.1, 0.15) is 6.04 Å². The standard InChI is InChI=1S/C15H19N3O4S/c1-16-13-9-7-18(14(20)10(9)8-23-13)11-3-4-12(19)17(15(11)21)5-6-22-2/h8,11,16H,3-7H2,1-2H3. The van der Waals surface area contributed by atoms with Gasteiger partial charge in [0.05, 0.1) is 30.3 Å². The average molecular weight is 337 g/mol. The van der Waals surface area contributed by atoms with Gasteiger partial charge in [0.15, 0.2) is 0 Å². The molecule has 1 N–H and O–H groups in total. The first-order valence-electron chi connectivity index (χ1n) is 7.50. The zero-order valence-electron chi connectivity index (χ0n) is 13.1. The molecule has 0 radical (unpaired) electrons. The number of hydrogen-bond donors (Lipinski definition) is 1. The van der Waals surface area contributed by atoms with Crippen LogP contribution in [0.25, 0.3) is 0 Å². The first kappa shape index (κ1) is 15.9. The van der Waals surface area contributed by atoms with Crippen LogP contribution in [0.5, 0.6) is 0 Å². The lowest BCUT2D eigenvalue weighted by molar-refractivity contribution is -0.153. The van der Waals surface area contributed by atoms with Crippen LogP contribution in [0.1, 0.15) is 28.8 Å². The van der Waals surface area contributed by atoms with Gasteiger partial charge in [-0.1, -0.05) is 0 Å². The first-order valence-corrected chi connectivity index (χ1v) is 8.38. The second-order valence-corrected chi connectivity index (χ2v) is 6.45. The number of rotatable bonds is 5. The highest BCUT2D eigenvalue weighted by molar-refractivity contribution is 7.14. The van der Waals surface area contributed by atoms with Gasteiger partial charge in [-0.05, 0) is 6.42 Å². The molecule has 1 atom stereocenters. The summed E-state index contributed by atoms with van der Waals surface area (Å²) in [5.74, 6) is -0.622. The molecule has 1 aromatic heterocycles. The molecule has 23 heavy (non-hydrogen) atoms. The lowest BCUT2D eigenvalue weighted by Gasteiger charge is -2.35. The molecule has 7 nitrogen and oxygen atoms in total. The van der Waals surface area contributed by atoms with Crippen LogP contribution < -0.4 is 5.32 Å². The van der Waals surface area contributed by atoms with Crippen molar-refractivity contribution in [2.45, 2.75) is 25.4 Å². The van der Waals surface area contributed by atoms with Gasteiger partial charge in [-0.25, -0.2) is 0 Å². The Morgan fingerprint density at radius 3 is 2.87 bits per heavy atom. The predicted octanol–water partition coefficient (Wildman–Crippen LogP) is 0.910. The third-order valence-electron chi connectivity index (χ3n) is 4.32. The molecule has 8 heteroatoms. The summed E-state index contributed by atoms with van der Waals surface area (Å²) in [4.78, 5) is 40.0. The number of piperidine rings is 1. The number of carbonyl (C=O) groups is 3. The fraction of sp³-hybridized carbons (Fsp3) is 0.533. The van der Waals surface area contributed by atoms with E-state index in [2.05, 4.69) is 5.32 Å². The topological polar surface area (TPSA) is 79.0 Å². The fourth-order valence-electron chi connectivity index (χ4n) is 3.11. The number of anilines is 1. The minimum Gasteiger partial charge on any atom is -0.383 e. The number of hydrogen-bond acceptors (Lipinski definition) is 6. The largest absolute Gasteiger partial charge is 0.383 e. The third kappa shape index (κ3) is 2.61. The van der Waals surface area contributed by atoms with Crippen LogP contribution in [-0.4, -0.2) is 60.9 Å². The summed E-state index contributed by atoms with van der Waals surface area (Å²) in [6.45, 7) is 0.946. The van der Waals surface area contributed by atoms with Crippen molar-refractivity contribution in [1.82, 2.24) is 9.80 Å². The molecule has 0 aromatic carbocycles. The summed E-state index contributed by atoms with van der Waals surface area (Å²) >= 11 is 1.49. The highest BCUT2D eigenvalue weighted by Gasteiger charge is 2.43. The molecular formula is C15H19N3O4S. The highest BCUT2D eigenvalue weighted by atomic mass is 32.1. The SMILES string of the molecule is CNc1scc2c1CN(C1CCC(=O)N(CCOC)C1=O)C2=O. The highest BCUT2D eigenvalue weighted by Crippen LogP contribution is 2.37. The van der Waals surface area contributed by atoms with Gasteiger partial charge < -0.3 is 15.0 Å². The zero-order chi connectivity index (χ0) is 16.6. The summed E-state index contributed by atoms with van der Waals surface area (Å²) in [7, 11) is 3.34. The monoisotopic (exact) mass is 337 g/mol. The molecule has 1 aromatic rings. The van der Waals surface area contributed by atoms with Gasteiger partial charge in [0, 0.05) is 31.5 Å². The van der Waals surface area contributed by atoms with E-state index < -0.39 is 6.04 Å². The summed E-state index contributed by atoms with van der Waals surface area (Å²) in [6.07, 6.45) is 0.658. The van der Waals surface area contributed by atoms with E-state index in [-0.39, 0.29) is 30.7 Å². The van der Waals surface area contributed by atoms with Crippen molar-refractivity contribution in [3.63, 3.8) is 0 Å². The summed E-state index contributed by atoms with van der Waals surface area (Å²) in [5.41, 5.74) is 1.60. The number of nitrogens with one attached hydrogen (secondary N) is 1. The molecule has 3 amide bonds. The normalized spacial score (nSPS) is 21.1. The van der Waals surface area contributed by atoms with Crippen LogP contribution in [0, 0.1) is 0 Å². The van der Waals surface area contributed by atoms with Gasteiger partial charge in [-0.2, -0.15) is 0 Å². The Morgan fingerprint density at radius 1 is 1.39 bits per heavy atom. The van der Waals surface area contributed by atoms with Crippen molar-refractivity contribution in [2.24, 2.45) is 0 Å². The molecule has 3 rings (SSSR count). The van der Waals surface area contributed by atoms with E-state index in [9.17, 15) is 14.4 Å². The van der Waals surface area contributed by atoms with Crippen LogP contribution >= 0.6 is 11.3 Å². The molecule has 124 valence electrons. The van der Waals surface area contributed by atoms with E-state index in [0.29, 0.717) is 25.1 Å². The number of methoxy groups -OCH3 is 1. The Labute approximate surface area is 138 Å². The Hall–Kier alpha value is -1.93. The lowest BCUT2D eigenvalue weighted by atomic mass is 10.0. The Kier molecular flexibility index (Phi) is 4.36. The fourth-order valence-corrected chi connectivity index (χ4v) is 4.02. The maximum absolute atomic E-state index is 12.6. The van der Waals surface area contributed by atoms with Crippen molar-refractivity contribution in [3.8, 4) is 0 Å². The summed E-state index contributed by atoms with van der Waals surface area (Å²) in [6, 6.07) is -0.570. The predicted molar refractivity (Wildman–Crippen MR) is 85.4 cm³/mol. The third-order valence-corrected chi connectivity index (χ3v) is 5.36. The second kappa shape index (κ2) is 6.29. The molecular weight excluding hydrogens is 318 g/mol. The van der Waals surface area contributed by atoms with E-state index in [0.717, 1.165) is 10.6 Å². The number of nitrogens with zero attached hydrogens (tertiary/aromatic N) is 2. The first-order chi connectivity index (χ1) is 11.1. The number of likely N-dealkylation sites (tertiary alicyclic amines) is 1. The van der Waals surface area contributed by atoms with Crippen molar-refractivity contribution < 1.29 is 19.1 Å². The number of imide groups is 1. The van der Waals surface area contributed by atoms with Crippen molar-refractivity contribution in [2.75, 3.05) is 32.6 Å². The molecule has 1 fully saturated rings. The number of ether oxygens (including phenoxy) is 1. The Morgan fingerprint density at radius 2 is 2.17 bits per heavy atom. The molecule has 0 saturated carbocycles. The quantitative estimate of drug-likeness (QED) is 0.808. The van der Waals surface area contributed by atoms with E-state index in [1.807, 2.05) is 12.4 Å². The Balaban J connectivity index is 1.80. The van der Waals surface area contributed by atoms with Crippen LogP contribution in [0.2, 0.25) is 0 Å². The maximum atomic E-state index is 12.6. The van der Waals surface area contributed by atoms with Crippen LogP contribution in [0.3, 0.4) is 0 Å². The van der Waals surface area contributed by atoms with Crippen LogP contribution in [0.15, 0.2) is 5.38 Å². The van der Waals surface area contributed by atoms with E-state index in [1.54, 1.807) is 4.90 Å². The average Bonchev–Trinajstić information content (AvgIpc) is 3.08. The van der Waals surface area contributed by atoms with E-state index >= 15 is 0 Å². The minimum absolute atomic E-state index is 0.128. The molecule has 2 aliphatic heterocycles. The smallest absolute Gasteiger partial charge is 0.256 e. The number of amides is 3. The summed E-state index contributed by atoms with van der Waals surface area (Å²) in [5, 5.41) is 5.85.